The minimum atomic E-state index is -0.606. The number of hydrogen-bond donors (Lipinski definition) is 3. The SMILES string of the molecule is CC(C)N(CCO)c1cc2c(cc1Br)C(N)C(=O)N2. The average Bonchev–Trinajstić information content (AvgIpc) is 2.62. The summed E-state index contributed by atoms with van der Waals surface area (Å²) in [5.41, 5.74) is 8.31. The van der Waals surface area contributed by atoms with E-state index in [1.165, 1.54) is 0 Å². The lowest BCUT2D eigenvalue weighted by Gasteiger charge is -2.29. The molecule has 0 aromatic heterocycles. The van der Waals surface area contributed by atoms with Crippen molar-refractivity contribution in [2.24, 2.45) is 5.73 Å². The molecule has 1 atom stereocenters. The first-order valence-corrected chi connectivity index (χ1v) is 7.02. The summed E-state index contributed by atoms with van der Waals surface area (Å²) in [6.45, 7) is 4.72. The van der Waals surface area contributed by atoms with E-state index < -0.39 is 6.04 Å². The van der Waals surface area contributed by atoms with E-state index in [1.807, 2.05) is 12.1 Å². The topological polar surface area (TPSA) is 78.6 Å². The summed E-state index contributed by atoms with van der Waals surface area (Å²) in [5, 5.41) is 11.9. The number of benzene rings is 1. The van der Waals surface area contributed by atoms with E-state index in [0.29, 0.717) is 6.54 Å². The van der Waals surface area contributed by atoms with E-state index in [9.17, 15) is 4.79 Å². The number of carbonyl (C=O) groups excluding carboxylic acids is 1. The minimum absolute atomic E-state index is 0.0770. The number of aliphatic hydroxyl groups excluding tert-OH is 1. The summed E-state index contributed by atoms with van der Waals surface area (Å²) in [6.07, 6.45) is 0. The molecule has 1 amide bonds. The fourth-order valence-electron chi connectivity index (χ4n) is 2.28. The highest BCUT2D eigenvalue weighted by Gasteiger charge is 2.29. The molecule has 1 aliphatic rings. The molecule has 0 saturated heterocycles. The van der Waals surface area contributed by atoms with Gasteiger partial charge in [0.15, 0.2) is 0 Å². The molecule has 1 aromatic carbocycles. The van der Waals surface area contributed by atoms with E-state index in [1.54, 1.807) is 0 Å². The summed E-state index contributed by atoms with van der Waals surface area (Å²) in [7, 11) is 0. The van der Waals surface area contributed by atoms with Crippen LogP contribution in [0.4, 0.5) is 11.4 Å². The molecule has 1 unspecified atom stereocenters. The van der Waals surface area contributed by atoms with Gasteiger partial charge in [0, 0.05) is 28.3 Å². The zero-order valence-corrected chi connectivity index (χ0v) is 12.6. The Bertz CT molecular complexity index is 505. The van der Waals surface area contributed by atoms with Crippen LogP contribution in [-0.4, -0.2) is 30.2 Å². The number of fused-ring (bicyclic) bond motifs is 1. The summed E-state index contributed by atoms with van der Waals surface area (Å²) in [5.74, 6) is -0.183. The van der Waals surface area contributed by atoms with Crippen molar-refractivity contribution in [3.05, 3.63) is 22.2 Å². The van der Waals surface area contributed by atoms with Gasteiger partial charge in [0.05, 0.1) is 12.3 Å². The maximum atomic E-state index is 11.6. The molecule has 0 saturated carbocycles. The van der Waals surface area contributed by atoms with Gasteiger partial charge in [0.1, 0.15) is 6.04 Å². The molecule has 5 nitrogen and oxygen atoms in total. The number of rotatable bonds is 4. The lowest BCUT2D eigenvalue weighted by molar-refractivity contribution is -0.116. The number of carbonyl (C=O) groups is 1. The second kappa shape index (κ2) is 5.48. The van der Waals surface area contributed by atoms with Gasteiger partial charge in [-0.3, -0.25) is 4.79 Å². The molecule has 1 aromatic rings. The largest absolute Gasteiger partial charge is 0.395 e. The van der Waals surface area contributed by atoms with Crippen LogP contribution in [-0.2, 0) is 4.79 Å². The third-order valence-corrected chi connectivity index (χ3v) is 3.90. The Labute approximate surface area is 120 Å². The van der Waals surface area contributed by atoms with Crippen molar-refractivity contribution in [2.45, 2.75) is 25.9 Å². The predicted octanol–water partition coefficient (Wildman–Crippen LogP) is 1.61. The maximum Gasteiger partial charge on any atom is 0.245 e. The first kappa shape index (κ1) is 14.3. The summed E-state index contributed by atoms with van der Waals surface area (Å²) >= 11 is 3.52. The number of nitrogens with two attached hydrogens (primary N) is 1. The Kier molecular flexibility index (Phi) is 4.13. The van der Waals surface area contributed by atoms with E-state index in [4.69, 9.17) is 10.8 Å². The zero-order chi connectivity index (χ0) is 14.2. The third kappa shape index (κ3) is 2.61. The second-order valence-corrected chi connectivity index (χ2v) is 5.72. The zero-order valence-electron chi connectivity index (χ0n) is 11.0. The predicted molar refractivity (Wildman–Crippen MR) is 79.3 cm³/mol. The van der Waals surface area contributed by atoms with Crippen LogP contribution in [0.2, 0.25) is 0 Å². The van der Waals surface area contributed by atoms with Gasteiger partial charge in [-0.1, -0.05) is 0 Å². The van der Waals surface area contributed by atoms with Crippen molar-refractivity contribution < 1.29 is 9.90 Å². The number of nitrogens with one attached hydrogen (secondary N) is 1. The Morgan fingerprint density at radius 3 is 2.79 bits per heavy atom. The average molecular weight is 328 g/mol. The number of hydrogen-bond acceptors (Lipinski definition) is 4. The van der Waals surface area contributed by atoms with E-state index in [-0.39, 0.29) is 18.6 Å². The molecule has 0 aliphatic carbocycles. The van der Waals surface area contributed by atoms with Crippen LogP contribution >= 0.6 is 15.9 Å². The van der Waals surface area contributed by atoms with Gasteiger partial charge >= 0.3 is 0 Å². The van der Waals surface area contributed by atoms with Crippen LogP contribution in [0.3, 0.4) is 0 Å². The standard InChI is InChI=1S/C13H18BrN3O2/c1-7(2)17(3-4-18)11-6-10-8(5-9(11)14)12(15)13(19)16-10/h5-7,12,18H,3-4,15H2,1-2H3,(H,16,19). The van der Waals surface area contributed by atoms with Crippen LogP contribution in [0.5, 0.6) is 0 Å². The third-order valence-electron chi connectivity index (χ3n) is 3.27. The fourth-order valence-corrected chi connectivity index (χ4v) is 2.87. The molecule has 0 fully saturated rings. The van der Waals surface area contributed by atoms with E-state index >= 15 is 0 Å². The molecule has 0 radical (unpaired) electrons. The monoisotopic (exact) mass is 327 g/mol. The van der Waals surface area contributed by atoms with E-state index in [2.05, 4.69) is 40.0 Å². The lowest BCUT2D eigenvalue weighted by Crippen LogP contribution is -2.33. The highest BCUT2D eigenvalue weighted by molar-refractivity contribution is 9.10. The molecule has 1 aliphatic heterocycles. The summed E-state index contributed by atoms with van der Waals surface area (Å²) < 4.78 is 0.875. The highest BCUT2D eigenvalue weighted by atomic mass is 79.9. The minimum Gasteiger partial charge on any atom is -0.395 e. The molecular formula is C13H18BrN3O2. The van der Waals surface area contributed by atoms with Gasteiger partial charge in [-0.2, -0.15) is 0 Å². The van der Waals surface area contributed by atoms with Crippen LogP contribution in [0.15, 0.2) is 16.6 Å². The summed E-state index contributed by atoms with van der Waals surface area (Å²) in [4.78, 5) is 13.6. The summed E-state index contributed by atoms with van der Waals surface area (Å²) in [6, 6.07) is 3.41. The number of amides is 1. The van der Waals surface area contributed by atoms with Crippen LogP contribution < -0.4 is 16.0 Å². The van der Waals surface area contributed by atoms with Crippen molar-refractivity contribution in [3.8, 4) is 0 Å². The Hall–Kier alpha value is -1.11. The van der Waals surface area contributed by atoms with Gasteiger partial charge in [-0.05, 0) is 41.9 Å². The van der Waals surface area contributed by atoms with Crippen molar-refractivity contribution in [1.29, 1.82) is 0 Å². The van der Waals surface area contributed by atoms with Gasteiger partial charge in [0.25, 0.3) is 0 Å². The molecule has 0 bridgehead atoms. The highest BCUT2D eigenvalue weighted by Crippen LogP contribution is 2.38. The lowest BCUT2D eigenvalue weighted by atomic mass is 10.1. The van der Waals surface area contributed by atoms with Crippen LogP contribution in [0, 0.1) is 0 Å². The van der Waals surface area contributed by atoms with Crippen molar-refractivity contribution in [1.82, 2.24) is 0 Å². The fraction of sp³-hybridized carbons (Fsp3) is 0.462. The Morgan fingerprint density at radius 1 is 1.53 bits per heavy atom. The smallest absolute Gasteiger partial charge is 0.245 e. The van der Waals surface area contributed by atoms with Crippen LogP contribution in [0.1, 0.15) is 25.5 Å². The molecule has 1 heterocycles. The van der Waals surface area contributed by atoms with Gasteiger partial charge in [-0.15, -0.1) is 0 Å². The molecule has 2 rings (SSSR count). The van der Waals surface area contributed by atoms with Crippen molar-refractivity contribution >= 4 is 33.2 Å². The Balaban J connectivity index is 2.43. The van der Waals surface area contributed by atoms with Crippen molar-refractivity contribution in [2.75, 3.05) is 23.4 Å². The number of nitrogens with zero attached hydrogens (tertiary/aromatic N) is 1. The van der Waals surface area contributed by atoms with E-state index in [0.717, 1.165) is 21.4 Å². The molecule has 19 heavy (non-hydrogen) atoms. The number of halogens is 1. The molecule has 104 valence electrons. The molecular weight excluding hydrogens is 310 g/mol. The van der Waals surface area contributed by atoms with Crippen molar-refractivity contribution in [3.63, 3.8) is 0 Å². The maximum absolute atomic E-state index is 11.6. The quantitative estimate of drug-likeness (QED) is 0.785. The normalized spacial score (nSPS) is 17.6. The molecule has 4 N–H and O–H groups in total. The first-order chi connectivity index (χ1) is 8.95. The van der Waals surface area contributed by atoms with Gasteiger partial charge in [-0.25, -0.2) is 0 Å². The Morgan fingerprint density at radius 2 is 2.21 bits per heavy atom. The molecule has 6 heteroatoms. The number of anilines is 2. The second-order valence-electron chi connectivity index (χ2n) is 4.87. The number of aliphatic hydroxyl groups is 1. The van der Waals surface area contributed by atoms with Gasteiger partial charge < -0.3 is 21.1 Å². The van der Waals surface area contributed by atoms with Crippen LogP contribution in [0.25, 0.3) is 0 Å². The first-order valence-electron chi connectivity index (χ1n) is 6.23. The molecule has 0 spiro atoms. The van der Waals surface area contributed by atoms with Gasteiger partial charge in [0.2, 0.25) is 5.91 Å².